The maximum Gasteiger partial charge on any atom is 0.332 e. The highest BCUT2D eigenvalue weighted by atomic mass is 32.2. The van der Waals surface area contributed by atoms with Crippen molar-refractivity contribution in [2.75, 3.05) is 21.9 Å². The molecule has 164 valence electrons. The van der Waals surface area contributed by atoms with E-state index in [4.69, 9.17) is 0 Å². The van der Waals surface area contributed by atoms with Gasteiger partial charge >= 0.3 is 5.69 Å². The van der Waals surface area contributed by atoms with Gasteiger partial charge in [-0.05, 0) is 24.6 Å². The largest absolute Gasteiger partial charge is 0.506 e. The lowest BCUT2D eigenvalue weighted by Crippen LogP contribution is -2.42. The quantitative estimate of drug-likeness (QED) is 0.502. The maximum atomic E-state index is 12.7. The van der Waals surface area contributed by atoms with Crippen LogP contribution >= 0.6 is 0 Å². The number of sulfonamides is 1. The third-order valence-electron chi connectivity index (χ3n) is 5.14. The highest BCUT2D eigenvalue weighted by molar-refractivity contribution is 7.93. The van der Waals surface area contributed by atoms with Gasteiger partial charge in [0.1, 0.15) is 12.3 Å². The predicted molar refractivity (Wildman–Crippen MR) is 113 cm³/mol. The van der Waals surface area contributed by atoms with E-state index in [0.29, 0.717) is 18.7 Å². The fourth-order valence-corrected chi connectivity index (χ4v) is 5.13. The Morgan fingerprint density at radius 2 is 2.00 bits per heavy atom. The second kappa shape index (κ2) is 7.27. The van der Waals surface area contributed by atoms with Gasteiger partial charge in [0.15, 0.2) is 11.2 Å². The molecule has 1 aliphatic rings. The monoisotopic (exact) mass is 448 g/mol. The highest BCUT2D eigenvalue weighted by Gasteiger charge is 2.29. The zero-order valence-corrected chi connectivity index (χ0v) is 17.6. The number of imidazole rings is 1. The summed E-state index contributed by atoms with van der Waals surface area (Å²) < 4.78 is 28.9. The number of hydrogen-bond acceptors (Lipinski definition) is 7. The second-order valence-electron chi connectivity index (χ2n) is 7.25. The Balaban J connectivity index is 1.65. The van der Waals surface area contributed by atoms with Crippen LogP contribution < -0.4 is 20.9 Å². The average Bonchev–Trinajstić information content (AvgIpc) is 3.27. The summed E-state index contributed by atoms with van der Waals surface area (Å²) in [6.07, 6.45) is 1.87. The molecule has 0 spiro atoms. The van der Waals surface area contributed by atoms with Gasteiger partial charge in [-0.15, -0.1) is 0 Å². The highest BCUT2D eigenvalue weighted by Crippen LogP contribution is 2.32. The molecule has 0 saturated carbocycles. The van der Waals surface area contributed by atoms with Gasteiger partial charge in [0.05, 0.1) is 23.5 Å². The number of anilines is 2. The van der Waals surface area contributed by atoms with Crippen LogP contribution in [-0.2, 0) is 35.5 Å². The molecule has 12 nitrogen and oxygen atoms in total. The maximum absolute atomic E-state index is 12.7. The molecule has 1 aromatic carbocycles. The molecule has 13 heteroatoms. The van der Waals surface area contributed by atoms with Crippen LogP contribution in [0.15, 0.2) is 34.1 Å². The van der Waals surface area contributed by atoms with Gasteiger partial charge in [0.25, 0.3) is 5.56 Å². The lowest BCUT2D eigenvalue weighted by atomic mass is 10.2. The number of aryl methyl sites for hydroxylation is 2. The number of phenols is 1. The van der Waals surface area contributed by atoms with Crippen molar-refractivity contribution in [3.63, 3.8) is 0 Å². The standard InChI is InChI=1S/C18H20N6O6S/c1-21-10-19-16-15(21)17(27)23(18(28)22(16)2)9-14(26)20-12-8-11(4-5-13(12)25)24-6-3-7-31(24,29)30/h4-5,8,10,25H,3,6-7,9H2,1-2H3,(H,20,26). The van der Waals surface area contributed by atoms with E-state index in [1.54, 1.807) is 7.05 Å². The summed E-state index contributed by atoms with van der Waals surface area (Å²) in [5.74, 6) is -0.994. The molecule has 3 aromatic rings. The van der Waals surface area contributed by atoms with Crippen LogP contribution in [0.1, 0.15) is 6.42 Å². The third kappa shape index (κ3) is 3.46. The number of fused-ring (bicyclic) bond motifs is 1. The summed E-state index contributed by atoms with van der Waals surface area (Å²) >= 11 is 0. The van der Waals surface area contributed by atoms with Crippen LogP contribution in [0.4, 0.5) is 11.4 Å². The number of benzene rings is 1. The van der Waals surface area contributed by atoms with Crippen molar-refractivity contribution in [2.45, 2.75) is 13.0 Å². The SMILES string of the molecule is Cn1cnc2c1c(=O)n(CC(=O)Nc1cc(N3CCCS3(=O)=O)ccc1O)c(=O)n2C. The zero-order valence-electron chi connectivity index (χ0n) is 16.8. The van der Waals surface area contributed by atoms with E-state index in [1.807, 2.05) is 0 Å². The topological polar surface area (TPSA) is 149 Å². The van der Waals surface area contributed by atoms with Gasteiger partial charge in [-0.2, -0.15) is 0 Å². The van der Waals surface area contributed by atoms with Crippen molar-refractivity contribution < 1.29 is 18.3 Å². The van der Waals surface area contributed by atoms with Crippen molar-refractivity contribution in [3.8, 4) is 5.75 Å². The lowest BCUT2D eigenvalue weighted by Gasteiger charge is -2.18. The molecule has 0 aliphatic carbocycles. The number of aromatic nitrogens is 4. The number of nitrogens with one attached hydrogen (secondary N) is 1. The third-order valence-corrected chi connectivity index (χ3v) is 7.01. The van der Waals surface area contributed by atoms with Crippen molar-refractivity contribution in [1.29, 1.82) is 0 Å². The molecule has 2 aromatic heterocycles. The molecule has 1 aliphatic heterocycles. The van der Waals surface area contributed by atoms with Crippen LogP contribution in [0.3, 0.4) is 0 Å². The van der Waals surface area contributed by atoms with Gasteiger partial charge in [-0.3, -0.25) is 18.5 Å². The number of amides is 1. The molecule has 0 bridgehead atoms. The molecular formula is C18H20N6O6S. The molecule has 1 amide bonds. The van der Waals surface area contributed by atoms with Crippen LogP contribution in [0.25, 0.3) is 11.2 Å². The van der Waals surface area contributed by atoms with Crippen LogP contribution in [0.5, 0.6) is 5.75 Å². The molecule has 4 rings (SSSR count). The van der Waals surface area contributed by atoms with E-state index in [0.717, 1.165) is 4.57 Å². The normalized spacial score (nSPS) is 15.5. The second-order valence-corrected chi connectivity index (χ2v) is 9.26. The first-order valence-corrected chi connectivity index (χ1v) is 10.9. The summed E-state index contributed by atoms with van der Waals surface area (Å²) in [6, 6.07) is 4.04. The Bertz CT molecular complexity index is 1430. The number of nitrogens with zero attached hydrogens (tertiary/aromatic N) is 5. The number of carbonyl (C=O) groups is 1. The minimum Gasteiger partial charge on any atom is -0.506 e. The van der Waals surface area contributed by atoms with E-state index < -0.39 is 33.7 Å². The summed E-state index contributed by atoms with van der Waals surface area (Å²) in [5.41, 5.74) is -0.752. The smallest absolute Gasteiger partial charge is 0.332 e. The molecule has 1 fully saturated rings. The van der Waals surface area contributed by atoms with Crippen molar-refractivity contribution in [2.24, 2.45) is 14.1 Å². The fourth-order valence-electron chi connectivity index (χ4n) is 3.58. The van der Waals surface area contributed by atoms with E-state index >= 15 is 0 Å². The lowest BCUT2D eigenvalue weighted by molar-refractivity contribution is -0.116. The molecule has 0 radical (unpaired) electrons. The van der Waals surface area contributed by atoms with E-state index in [9.17, 15) is 27.9 Å². The molecule has 1 saturated heterocycles. The van der Waals surface area contributed by atoms with E-state index in [2.05, 4.69) is 10.3 Å². The average molecular weight is 448 g/mol. The fraction of sp³-hybridized carbons (Fsp3) is 0.333. The van der Waals surface area contributed by atoms with Gasteiger partial charge < -0.3 is 15.0 Å². The van der Waals surface area contributed by atoms with Crippen molar-refractivity contribution >= 4 is 38.5 Å². The van der Waals surface area contributed by atoms with Gasteiger partial charge in [-0.1, -0.05) is 0 Å². The van der Waals surface area contributed by atoms with Crippen LogP contribution in [-0.4, -0.2) is 50.4 Å². The summed E-state index contributed by atoms with van der Waals surface area (Å²) in [7, 11) is -0.400. The molecular weight excluding hydrogens is 428 g/mol. The van der Waals surface area contributed by atoms with Crippen molar-refractivity contribution in [1.82, 2.24) is 18.7 Å². The Morgan fingerprint density at radius 3 is 2.68 bits per heavy atom. The molecule has 2 N–H and O–H groups in total. The van der Waals surface area contributed by atoms with Gasteiger partial charge in [0.2, 0.25) is 15.9 Å². The van der Waals surface area contributed by atoms with Crippen LogP contribution in [0.2, 0.25) is 0 Å². The number of rotatable bonds is 4. The Hall–Kier alpha value is -3.61. The number of carbonyl (C=O) groups excluding carboxylic acids is 1. The summed E-state index contributed by atoms with van der Waals surface area (Å²) in [5, 5.41) is 12.5. The first-order chi connectivity index (χ1) is 14.6. The summed E-state index contributed by atoms with van der Waals surface area (Å²) in [4.78, 5) is 41.9. The van der Waals surface area contributed by atoms with Gasteiger partial charge in [0, 0.05) is 20.6 Å². The minimum atomic E-state index is -3.44. The first-order valence-electron chi connectivity index (χ1n) is 9.34. The van der Waals surface area contributed by atoms with E-state index in [-0.39, 0.29) is 28.4 Å². The molecule has 31 heavy (non-hydrogen) atoms. The van der Waals surface area contributed by atoms with Crippen molar-refractivity contribution in [3.05, 3.63) is 45.4 Å². The molecule has 0 unspecified atom stereocenters. The predicted octanol–water partition coefficient (Wildman–Crippen LogP) is -0.682. The molecule has 3 heterocycles. The Labute approximate surface area is 176 Å². The number of hydrogen-bond donors (Lipinski definition) is 2. The first kappa shape index (κ1) is 20.7. The molecule has 0 atom stereocenters. The van der Waals surface area contributed by atoms with E-state index in [1.165, 1.54) is 45.0 Å². The number of phenolic OH excluding ortho intramolecular Hbond substituents is 1. The Morgan fingerprint density at radius 1 is 1.26 bits per heavy atom. The van der Waals surface area contributed by atoms with Crippen LogP contribution in [0, 0.1) is 0 Å². The minimum absolute atomic E-state index is 0.0261. The zero-order chi connectivity index (χ0) is 22.5. The Kier molecular flexibility index (Phi) is 4.84. The summed E-state index contributed by atoms with van der Waals surface area (Å²) in [6.45, 7) is -0.297. The number of aromatic hydroxyl groups is 1. The van der Waals surface area contributed by atoms with Gasteiger partial charge in [-0.25, -0.2) is 22.8 Å².